The number of nitrogens with zero attached hydrogens (tertiary/aromatic N) is 3. The van der Waals surface area contributed by atoms with Gasteiger partial charge in [-0.2, -0.15) is 4.31 Å². The predicted octanol–water partition coefficient (Wildman–Crippen LogP) is 5.50. The van der Waals surface area contributed by atoms with Crippen LogP contribution in [-0.4, -0.2) is 42.5 Å². The molecule has 0 saturated carbocycles. The first-order valence-electron chi connectivity index (χ1n) is 10.9. The zero-order valence-electron chi connectivity index (χ0n) is 19.2. The highest BCUT2D eigenvalue weighted by atomic mass is 32.2. The number of para-hydroxylation sites is 2. The standard InChI is InChI=1S/C25H26FN3O3S2/c1-4-28(5-2)34(30,31)20-14-15-22-21(16-20)27-25(33-17-18-10-12-19(26)13-11-18)29(22)23-8-6-7-9-24(23)32-3/h6-16H,4-5,17H2,1-3H3. The molecule has 0 saturated heterocycles. The van der Waals surface area contributed by atoms with Crippen LogP contribution in [0.1, 0.15) is 19.4 Å². The Balaban J connectivity index is 1.84. The second kappa shape index (κ2) is 10.2. The topological polar surface area (TPSA) is 64.4 Å². The van der Waals surface area contributed by atoms with Crippen LogP contribution in [-0.2, 0) is 15.8 Å². The summed E-state index contributed by atoms with van der Waals surface area (Å²) in [5.74, 6) is 0.964. The van der Waals surface area contributed by atoms with Crippen molar-refractivity contribution >= 4 is 32.8 Å². The summed E-state index contributed by atoms with van der Waals surface area (Å²) in [6.07, 6.45) is 0. The van der Waals surface area contributed by atoms with Gasteiger partial charge in [-0.05, 0) is 48.0 Å². The second-order valence-corrected chi connectivity index (χ2v) is 10.4. The van der Waals surface area contributed by atoms with Gasteiger partial charge in [0.05, 0.1) is 28.7 Å². The van der Waals surface area contributed by atoms with E-state index >= 15 is 0 Å². The Morgan fingerprint density at radius 2 is 1.74 bits per heavy atom. The molecule has 0 radical (unpaired) electrons. The number of methoxy groups -OCH3 is 1. The lowest BCUT2D eigenvalue weighted by Crippen LogP contribution is -2.30. The number of benzene rings is 3. The minimum absolute atomic E-state index is 0.212. The summed E-state index contributed by atoms with van der Waals surface area (Å²) < 4.78 is 48.4. The molecule has 0 N–H and O–H groups in total. The van der Waals surface area contributed by atoms with Crippen LogP contribution in [0.25, 0.3) is 16.7 Å². The first-order chi connectivity index (χ1) is 16.4. The van der Waals surface area contributed by atoms with Gasteiger partial charge in [0.2, 0.25) is 10.0 Å². The Hall–Kier alpha value is -2.88. The van der Waals surface area contributed by atoms with Crippen molar-refractivity contribution in [2.75, 3.05) is 20.2 Å². The van der Waals surface area contributed by atoms with Crippen molar-refractivity contribution in [1.82, 2.24) is 13.9 Å². The monoisotopic (exact) mass is 499 g/mol. The molecule has 0 spiro atoms. The smallest absolute Gasteiger partial charge is 0.243 e. The van der Waals surface area contributed by atoms with Gasteiger partial charge in [-0.1, -0.05) is 49.9 Å². The molecule has 0 aliphatic rings. The molecule has 6 nitrogen and oxygen atoms in total. The van der Waals surface area contributed by atoms with E-state index in [1.165, 1.54) is 28.2 Å². The highest BCUT2D eigenvalue weighted by Gasteiger charge is 2.24. The van der Waals surface area contributed by atoms with E-state index in [2.05, 4.69) is 0 Å². The Labute approximate surface area is 203 Å². The molecular formula is C25H26FN3O3S2. The number of aromatic nitrogens is 2. The van der Waals surface area contributed by atoms with Gasteiger partial charge >= 0.3 is 0 Å². The van der Waals surface area contributed by atoms with Gasteiger partial charge in [0.25, 0.3) is 0 Å². The molecule has 1 aromatic heterocycles. The van der Waals surface area contributed by atoms with E-state index < -0.39 is 10.0 Å². The van der Waals surface area contributed by atoms with Gasteiger partial charge in [0.15, 0.2) is 5.16 Å². The number of hydrogen-bond donors (Lipinski definition) is 0. The lowest BCUT2D eigenvalue weighted by molar-refractivity contribution is 0.412. The Morgan fingerprint density at radius 3 is 2.41 bits per heavy atom. The van der Waals surface area contributed by atoms with E-state index in [0.717, 1.165) is 16.8 Å². The molecule has 0 bridgehead atoms. The van der Waals surface area contributed by atoms with Crippen molar-refractivity contribution in [2.24, 2.45) is 0 Å². The minimum atomic E-state index is -3.62. The summed E-state index contributed by atoms with van der Waals surface area (Å²) in [5, 5.41) is 0.682. The highest BCUT2D eigenvalue weighted by Crippen LogP contribution is 2.34. The van der Waals surface area contributed by atoms with Crippen molar-refractivity contribution in [2.45, 2.75) is 29.7 Å². The third kappa shape index (κ3) is 4.68. The Kier molecular flexibility index (Phi) is 7.25. The third-order valence-electron chi connectivity index (χ3n) is 5.55. The molecule has 1 heterocycles. The maximum absolute atomic E-state index is 13.3. The normalized spacial score (nSPS) is 11.9. The van der Waals surface area contributed by atoms with Crippen molar-refractivity contribution < 1.29 is 17.5 Å². The summed E-state index contributed by atoms with van der Waals surface area (Å²) in [6, 6.07) is 19.0. The van der Waals surface area contributed by atoms with Crippen LogP contribution in [0, 0.1) is 5.82 Å². The number of imidazole rings is 1. The van der Waals surface area contributed by atoms with Crippen LogP contribution in [0.15, 0.2) is 76.8 Å². The zero-order chi connectivity index (χ0) is 24.3. The molecule has 0 aliphatic carbocycles. The fourth-order valence-corrected chi connectivity index (χ4v) is 6.24. The van der Waals surface area contributed by atoms with E-state index in [4.69, 9.17) is 9.72 Å². The van der Waals surface area contributed by atoms with Gasteiger partial charge in [-0.25, -0.2) is 17.8 Å². The van der Waals surface area contributed by atoms with E-state index in [1.54, 1.807) is 37.4 Å². The molecule has 4 rings (SSSR count). The van der Waals surface area contributed by atoms with Crippen molar-refractivity contribution in [3.63, 3.8) is 0 Å². The number of halogens is 1. The van der Waals surface area contributed by atoms with Gasteiger partial charge in [0, 0.05) is 18.8 Å². The molecule has 178 valence electrons. The number of hydrogen-bond acceptors (Lipinski definition) is 5. The first-order valence-corrected chi connectivity index (χ1v) is 13.3. The second-order valence-electron chi connectivity index (χ2n) is 7.56. The van der Waals surface area contributed by atoms with Gasteiger partial charge in [-0.15, -0.1) is 0 Å². The van der Waals surface area contributed by atoms with E-state index in [0.29, 0.717) is 35.3 Å². The largest absolute Gasteiger partial charge is 0.495 e. The molecule has 0 atom stereocenters. The van der Waals surface area contributed by atoms with Crippen molar-refractivity contribution in [1.29, 1.82) is 0 Å². The molecule has 3 aromatic carbocycles. The fraction of sp³-hybridized carbons (Fsp3) is 0.240. The molecule has 0 unspecified atom stereocenters. The molecule has 0 amide bonds. The predicted molar refractivity (Wildman–Crippen MR) is 134 cm³/mol. The fourth-order valence-electron chi connectivity index (χ4n) is 3.78. The minimum Gasteiger partial charge on any atom is -0.495 e. The van der Waals surface area contributed by atoms with E-state index in [1.807, 2.05) is 42.7 Å². The van der Waals surface area contributed by atoms with Gasteiger partial charge < -0.3 is 4.74 Å². The van der Waals surface area contributed by atoms with Crippen LogP contribution < -0.4 is 4.74 Å². The number of fused-ring (bicyclic) bond motifs is 1. The van der Waals surface area contributed by atoms with Crippen LogP contribution in [0.2, 0.25) is 0 Å². The van der Waals surface area contributed by atoms with Crippen molar-refractivity contribution in [3.8, 4) is 11.4 Å². The third-order valence-corrected chi connectivity index (χ3v) is 8.60. The Morgan fingerprint density at radius 1 is 1.03 bits per heavy atom. The summed E-state index contributed by atoms with van der Waals surface area (Å²) in [5.41, 5.74) is 3.09. The van der Waals surface area contributed by atoms with Crippen LogP contribution in [0.5, 0.6) is 5.75 Å². The van der Waals surface area contributed by atoms with Crippen LogP contribution in [0.3, 0.4) is 0 Å². The lowest BCUT2D eigenvalue weighted by Gasteiger charge is -2.18. The number of thioether (sulfide) groups is 1. The molecular weight excluding hydrogens is 473 g/mol. The lowest BCUT2D eigenvalue weighted by atomic mass is 10.2. The molecule has 0 aliphatic heterocycles. The van der Waals surface area contributed by atoms with E-state index in [9.17, 15) is 12.8 Å². The van der Waals surface area contributed by atoms with Gasteiger partial charge in [-0.3, -0.25) is 4.57 Å². The Bertz CT molecular complexity index is 1400. The molecule has 9 heteroatoms. The summed E-state index contributed by atoms with van der Waals surface area (Å²) in [7, 11) is -2.01. The first kappa shape index (κ1) is 24.3. The highest BCUT2D eigenvalue weighted by molar-refractivity contribution is 7.98. The quantitative estimate of drug-likeness (QED) is 0.285. The maximum atomic E-state index is 13.3. The number of rotatable bonds is 9. The van der Waals surface area contributed by atoms with Gasteiger partial charge in [0.1, 0.15) is 11.6 Å². The molecule has 34 heavy (non-hydrogen) atoms. The van der Waals surface area contributed by atoms with E-state index in [-0.39, 0.29) is 10.7 Å². The SMILES string of the molecule is CCN(CC)S(=O)(=O)c1ccc2c(c1)nc(SCc1ccc(F)cc1)n2-c1ccccc1OC. The summed E-state index contributed by atoms with van der Waals surface area (Å²) in [4.78, 5) is 5.01. The summed E-state index contributed by atoms with van der Waals surface area (Å²) in [6.45, 7) is 4.43. The zero-order valence-corrected chi connectivity index (χ0v) is 20.9. The van der Waals surface area contributed by atoms with Crippen molar-refractivity contribution in [3.05, 3.63) is 78.1 Å². The number of ether oxygens (including phenoxy) is 1. The number of sulfonamides is 1. The van der Waals surface area contributed by atoms with Crippen LogP contribution >= 0.6 is 11.8 Å². The average Bonchev–Trinajstić information content (AvgIpc) is 3.21. The maximum Gasteiger partial charge on any atom is 0.243 e. The van der Waals surface area contributed by atoms with Crippen LogP contribution in [0.4, 0.5) is 4.39 Å². The molecule has 0 fully saturated rings. The summed E-state index contributed by atoms with van der Waals surface area (Å²) >= 11 is 1.49. The molecule has 4 aromatic rings. The average molecular weight is 500 g/mol.